The first-order valence-corrected chi connectivity index (χ1v) is 13.6. The fourth-order valence-corrected chi connectivity index (χ4v) is 5.64. The van der Waals surface area contributed by atoms with Crippen molar-refractivity contribution in [3.8, 4) is 11.3 Å². The monoisotopic (exact) mass is 513 g/mol. The highest BCUT2D eigenvalue weighted by Gasteiger charge is 2.22. The van der Waals surface area contributed by atoms with Crippen molar-refractivity contribution in [3.05, 3.63) is 83.5 Å². The van der Waals surface area contributed by atoms with E-state index in [2.05, 4.69) is 10.3 Å². The van der Waals surface area contributed by atoms with Crippen LogP contribution in [0.1, 0.15) is 32.3 Å². The van der Waals surface area contributed by atoms with E-state index in [1.807, 2.05) is 13.8 Å². The minimum Gasteiger partial charge on any atom is -0.298 e. The maximum absolute atomic E-state index is 13.1. The van der Waals surface area contributed by atoms with Gasteiger partial charge in [0.2, 0.25) is 15.9 Å². The molecule has 0 aliphatic heterocycles. The molecule has 1 aromatic heterocycles. The van der Waals surface area contributed by atoms with Gasteiger partial charge >= 0.3 is 0 Å². The number of carbonyl (C=O) groups is 1. The summed E-state index contributed by atoms with van der Waals surface area (Å²) in [4.78, 5) is 16.8. The number of nitrogens with one attached hydrogen (secondary N) is 1. The molecule has 0 spiro atoms. The maximum atomic E-state index is 13.1. The van der Waals surface area contributed by atoms with Gasteiger partial charge in [-0.15, -0.1) is 11.3 Å². The summed E-state index contributed by atoms with van der Waals surface area (Å²) in [5.41, 5.74) is 2.24. The Kier molecular flexibility index (Phi) is 9.47. The van der Waals surface area contributed by atoms with Crippen molar-refractivity contribution < 1.29 is 17.6 Å². The van der Waals surface area contributed by atoms with Gasteiger partial charge in [-0.05, 0) is 54.8 Å². The van der Waals surface area contributed by atoms with Crippen molar-refractivity contribution in [1.29, 1.82) is 0 Å². The van der Waals surface area contributed by atoms with E-state index in [1.54, 1.807) is 60.0 Å². The van der Waals surface area contributed by atoms with Gasteiger partial charge in [-0.1, -0.05) is 44.2 Å². The molecule has 0 aliphatic carbocycles. The summed E-state index contributed by atoms with van der Waals surface area (Å²) in [7, 11) is -3.51. The van der Waals surface area contributed by atoms with Gasteiger partial charge in [-0.2, -0.15) is 4.31 Å². The van der Waals surface area contributed by atoms with Gasteiger partial charge in [0.15, 0.2) is 5.13 Å². The Morgan fingerprint density at radius 1 is 1.03 bits per heavy atom. The Labute approximate surface area is 209 Å². The van der Waals surface area contributed by atoms with Gasteiger partial charge in [0.25, 0.3) is 0 Å². The molecule has 3 rings (SSSR count). The molecule has 1 N–H and O–H groups in total. The summed E-state index contributed by atoms with van der Waals surface area (Å²) in [6, 6.07) is 12.7. The lowest BCUT2D eigenvalue weighted by molar-refractivity contribution is -0.111. The number of hydrogen-bond donors (Lipinski definition) is 1. The number of carbonyl (C=O) groups excluding carboxylic acids is 1. The molecule has 0 saturated carbocycles. The Morgan fingerprint density at radius 2 is 1.69 bits per heavy atom. The first-order valence-electron chi connectivity index (χ1n) is 11.3. The van der Waals surface area contributed by atoms with E-state index in [0.717, 1.165) is 24.0 Å². The fraction of sp³-hybridized carbons (Fsp3) is 0.231. The van der Waals surface area contributed by atoms with Gasteiger partial charge in [-0.25, -0.2) is 17.8 Å². The number of hydrogen-bond acceptors (Lipinski definition) is 5. The molecule has 35 heavy (non-hydrogen) atoms. The van der Waals surface area contributed by atoms with Crippen molar-refractivity contribution in [1.82, 2.24) is 9.29 Å². The normalized spacial score (nSPS) is 12.1. The Balaban J connectivity index is 1.56. The SMILES string of the molecule is CCCN(CCC)S(=O)(=O)c1ccc(/C=C/C=C/C(=O)Nc2nc(-c3ccc(F)cc3)cs2)cc1. The quantitative estimate of drug-likeness (QED) is 0.253. The molecule has 6 nitrogen and oxygen atoms in total. The van der Waals surface area contributed by atoms with Gasteiger partial charge in [0.05, 0.1) is 10.6 Å². The number of allylic oxidation sites excluding steroid dienone is 2. The van der Waals surface area contributed by atoms with Crippen LogP contribution >= 0.6 is 11.3 Å². The van der Waals surface area contributed by atoms with Gasteiger partial charge in [0, 0.05) is 30.1 Å². The number of sulfonamides is 1. The average molecular weight is 514 g/mol. The van der Waals surface area contributed by atoms with E-state index in [0.29, 0.717) is 23.9 Å². The predicted octanol–water partition coefficient (Wildman–Crippen LogP) is 5.97. The van der Waals surface area contributed by atoms with Gasteiger partial charge in [-0.3, -0.25) is 10.1 Å². The Morgan fingerprint density at radius 3 is 2.31 bits per heavy atom. The topological polar surface area (TPSA) is 79.4 Å². The number of benzene rings is 2. The number of amides is 1. The van der Waals surface area contributed by atoms with Crippen LogP contribution in [0, 0.1) is 5.82 Å². The second kappa shape index (κ2) is 12.5. The number of anilines is 1. The van der Waals surface area contributed by atoms with Crippen molar-refractivity contribution in [2.24, 2.45) is 0 Å². The minimum atomic E-state index is -3.51. The van der Waals surface area contributed by atoms with Gasteiger partial charge < -0.3 is 0 Å². The molecular formula is C26H28FN3O3S2. The number of aromatic nitrogens is 1. The van der Waals surface area contributed by atoms with Crippen LogP contribution in [0.5, 0.6) is 0 Å². The molecule has 0 saturated heterocycles. The lowest BCUT2D eigenvalue weighted by Gasteiger charge is -2.21. The van der Waals surface area contributed by atoms with Crippen molar-refractivity contribution in [2.75, 3.05) is 18.4 Å². The van der Waals surface area contributed by atoms with Crippen molar-refractivity contribution in [2.45, 2.75) is 31.6 Å². The molecule has 184 valence electrons. The molecule has 1 heterocycles. The highest BCUT2D eigenvalue weighted by molar-refractivity contribution is 7.89. The standard InChI is InChI=1S/C26H28FN3O3S2/c1-3-17-30(18-4-2)35(32,33)23-15-9-20(10-16-23)7-5-6-8-25(31)29-26-28-24(19-34-26)21-11-13-22(27)14-12-21/h5-16,19H,3-4,17-18H2,1-2H3,(H,28,29,31)/b7-5+,8-6+. The predicted molar refractivity (Wildman–Crippen MR) is 140 cm³/mol. The van der Waals surface area contributed by atoms with Crippen LogP contribution in [0.3, 0.4) is 0 Å². The molecule has 0 aliphatic rings. The molecule has 2 aromatic carbocycles. The van der Waals surface area contributed by atoms with Gasteiger partial charge in [0.1, 0.15) is 5.82 Å². The van der Waals surface area contributed by atoms with E-state index in [4.69, 9.17) is 0 Å². The molecule has 0 unspecified atom stereocenters. The van der Waals surface area contributed by atoms with Crippen LogP contribution in [-0.4, -0.2) is 36.7 Å². The summed E-state index contributed by atoms with van der Waals surface area (Å²) in [6.07, 6.45) is 7.98. The molecule has 0 fully saturated rings. The van der Waals surface area contributed by atoms with Crippen LogP contribution in [0.4, 0.5) is 9.52 Å². The molecule has 0 radical (unpaired) electrons. The third-order valence-corrected chi connectivity index (χ3v) is 7.66. The molecule has 0 atom stereocenters. The van der Waals surface area contributed by atoms with E-state index in [-0.39, 0.29) is 16.6 Å². The number of rotatable bonds is 11. The average Bonchev–Trinajstić information content (AvgIpc) is 3.31. The minimum absolute atomic E-state index is 0.273. The Hall–Kier alpha value is -3.14. The van der Waals surface area contributed by atoms with Crippen molar-refractivity contribution in [3.63, 3.8) is 0 Å². The van der Waals surface area contributed by atoms with Crippen LogP contribution < -0.4 is 5.32 Å². The summed E-state index contributed by atoms with van der Waals surface area (Å²) in [5, 5.41) is 4.94. The largest absolute Gasteiger partial charge is 0.298 e. The summed E-state index contributed by atoms with van der Waals surface area (Å²) < 4.78 is 40.3. The first kappa shape index (κ1) is 26.5. The zero-order valence-corrected chi connectivity index (χ0v) is 21.3. The van der Waals surface area contributed by atoms with E-state index < -0.39 is 10.0 Å². The zero-order valence-electron chi connectivity index (χ0n) is 19.6. The molecule has 1 amide bonds. The molecule has 0 bridgehead atoms. The van der Waals surface area contributed by atoms with E-state index in [9.17, 15) is 17.6 Å². The third kappa shape index (κ3) is 7.42. The van der Waals surface area contributed by atoms with Crippen LogP contribution in [0.2, 0.25) is 0 Å². The summed E-state index contributed by atoms with van der Waals surface area (Å²) in [6.45, 7) is 4.92. The zero-order chi connectivity index (χ0) is 25.3. The first-order chi connectivity index (χ1) is 16.8. The lowest BCUT2D eigenvalue weighted by atomic mass is 10.2. The lowest BCUT2D eigenvalue weighted by Crippen LogP contribution is -2.32. The second-order valence-corrected chi connectivity index (χ2v) is 10.5. The number of thiazole rings is 1. The van der Waals surface area contributed by atoms with Crippen molar-refractivity contribution >= 4 is 38.5 Å². The smallest absolute Gasteiger partial charge is 0.250 e. The Bertz CT molecular complexity index is 1280. The number of halogens is 1. The summed E-state index contributed by atoms with van der Waals surface area (Å²) >= 11 is 1.28. The summed E-state index contributed by atoms with van der Waals surface area (Å²) in [5.74, 6) is -0.648. The highest BCUT2D eigenvalue weighted by atomic mass is 32.2. The molecule has 3 aromatic rings. The van der Waals surface area contributed by atoms with Crippen LogP contribution in [0.25, 0.3) is 17.3 Å². The highest BCUT2D eigenvalue weighted by Crippen LogP contribution is 2.25. The van der Waals surface area contributed by atoms with Crippen LogP contribution in [0.15, 0.2) is 77.0 Å². The molecular weight excluding hydrogens is 485 g/mol. The number of nitrogens with zero attached hydrogens (tertiary/aromatic N) is 2. The third-order valence-electron chi connectivity index (χ3n) is 4.99. The van der Waals surface area contributed by atoms with E-state index >= 15 is 0 Å². The second-order valence-electron chi connectivity index (χ2n) is 7.73. The fourth-order valence-electron chi connectivity index (χ4n) is 3.29. The van der Waals surface area contributed by atoms with E-state index in [1.165, 1.54) is 33.9 Å². The maximum Gasteiger partial charge on any atom is 0.250 e. The van der Waals surface area contributed by atoms with Crippen LogP contribution in [-0.2, 0) is 14.8 Å². The molecule has 9 heteroatoms.